The summed E-state index contributed by atoms with van der Waals surface area (Å²) >= 11 is 0. The van der Waals surface area contributed by atoms with Gasteiger partial charge in [-0.05, 0) is 39.0 Å². The first kappa shape index (κ1) is 18.4. The molecule has 0 fully saturated rings. The lowest BCUT2D eigenvalue weighted by Crippen LogP contribution is -2.26. The minimum absolute atomic E-state index is 0.127. The van der Waals surface area contributed by atoms with Crippen LogP contribution in [0.1, 0.15) is 20.8 Å². The van der Waals surface area contributed by atoms with Gasteiger partial charge in [0.25, 0.3) is 0 Å². The molecule has 140 valence electrons. The number of hydrogen-bond acceptors (Lipinski definition) is 6. The fourth-order valence-electron chi connectivity index (χ4n) is 2.56. The van der Waals surface area contributed by atoms with E-state index in [0.29, 0.717) is 28.7 Å². The first-order valence-corrected chi connectivity index (χ1v) is 8.41. The highest BCUT2D eigenvalue weighted by molar-refractivity contribution is 6.01. The maximum atomic E-state index is 11.7. The zero-order valence-electron chi connectivity index (χ0n) is 15.8. The van der Waals surface area contributed by atoms with Crippen molar-refractivity contribution in [2.24, 2.45) is 0 Å². The first-order chi connectivity index (χ1) is 12.8. The second-order valence-electron chi connectivity index (χ2n) is 6.97. The molecular weight excluding hydrogens is 344 g/mol. The number of nitrogens with zero attached hydrogens (tertiary/aromatic N) is 4. The quantitative estimate of drug-likeness (QED) is 0.674. The maximum absolute atomic E-state index is 11.7. The zero-order valence-corrected chi connectivity index (χ0v) is 15.8. The Balaban J connectivity index is 2.07. The van der Waals surface area contributed by atoms with Gasteiger partial charge in [-0.15, -0.1) is 0 Å². The van der Waals surface area contributed by atoms with Gasteiger partial charge < -0.3 is 15.4 Å². The molecule has 1 aromatic carbocycles. The van der Waals surface area contributed by atoms with Crippen LogP contribution in [0.15, 0.2) is 43.4 Å². The van der Waals surface area contributed by atoms with E-state index >= 15 is 0 Å². The first-order valence-electron chi connectivity index (χ1n) is 8.41. The Morgan fingerprint density at radius 1 is 1.30 bits per heavy atom. The number of amides is 1. The van der Waals surface area contributed by atoms with Gasteiger partial charge in [0.1, 0.15) is 17.9 Å². The van der Waals surface area contributed by atoms with Crippen LogP contribution >= 0.6 is 0 Å². The average Bonchev–Trinajstić information content (AvgIpc) is 3.02. The van der Waals surface area contributed by atoms with Gasteiger partial charge in [-0.2, -0.15) is 4.98 Å². The minimum atomic E-state index is -0.327. The number of carbonyl (C=O) groups excluding carboxylic acids is 1. The van der Waals surface area contributed by atoms with Crippen molar-refractivity contribution in [2.45, 2.75) is 26.3 Å². The second-order valence-corrected chi connectivity index (χ2v) is 6.97. The Kier molecular flexibility index (Phi) is 4.81. The Bertz CT molecular complexity index is 1000. The number of aromatic nitrogens is 4. The van der Waals surface area contributed by atoms with Gasteiger partial charge >= 0.3 is 0 Å². The van der Waals surface area contributed by atoms with Gasteiger partial charge in [0.15, 0.2) is 0 Å². The number of rotatable bonds is 5. The number of hydrogen-bond donors (Lipinski definition) is 2. The number of nitrogens with one attached hydrogen (secondary N) is 2. The number of fused-ring (bicyclic) bond motifs is 1. The van der Waals surface area contributed by atoms with Crippen LogP contribution in [0.3, 0.4) is 0 Å². The van der Waals surface area contributed by atoms with Crippen molar-refractivity contribution in [3.8, 4) is 11.7 Å². The van der Waals surface area contributed by atoms with Crippen molar-refractivity contribution in [2.75, 3.05) is 17.7 Å². The predicted molar refractivity (Wildman–Crippen MR) is 105 cm³/mol. The van der Waals surface area contributed by atoms with Crippen LogP contribution in [0, 0.1) is 0 Å². The number of benzene rings is 1. The molecule has 8 heteroatoms. The van der Waals surface area contributed by atoms with Crippen LogP contribution in [0.4, 0.5) is 11.5 Å². The summed E-state index contributed by atoms with van der Waals surface area (Å²) in [7, 11) is 1.53. The molecule has 3 aromatic rings. The van der Waals surface area contributed by atoms with E-state index in [2.05, 4.69) is 52.9 Å². The highest BCUT2D eigenvalue weighted by atomic mass is 16.5. The highest BCUT2D eigenvalue weighted by Crippen LogP contribution is 2.30. The molecular formula is C19H22N6O2. The van der Waals surface area contributed by atoms with Gasteiger partial charge in [-0.1, -0.05) is 6.58 Å². The van der Waals surface area contributed by atoms with E-state index in [4.69, 9.17) is 4.74 Å². The molecule has 0 aliphatic heterocycles. The number of imidazole rings is 1. The van der Waals surface area contributed by atoms with Crippen LogP contribution in [-0.4, -0.2) is 38.1 Å². The molecule has 0 aliphatic carbocycles. The maximum Gasteiger partial charge on any atom is 0.247 e. The van der Waals surface area contributed by atoms with Crippen LogP contribution in [0.5, 0.6) is 5.75 Å². The number of ether oxygens (including phenoxy) is 1. The summed E-state index contributed by atoms with van der Waals surface area (Å²) in [6.45, 7) is 9.64. The zero-order chi connectivity index (χ0) is 19.6. The summed E-state index contributed by atoms with van der Waals surface area (Å²) < 4.78 is 7.10. The lowest BCUT2D eigenvalue weighted by molar-refractivity contribution is -0.111. The SMILES string of the molecule is C=CC(=O)Nc1cc2c(cc1OC)ncn2-c1nccc(NC(C)(C)C)n1. The summed E-state index contributed by atoms with van der Waals surface area (Å²) in [6.07, 6.45) is 4.53. The minimum Gasteiger partial charge on any atom is -0.494 e. The fraction of sp³-hybridized carbons (Fsp3) is 0.263. The summed E-state index contributed by atoms with van der Waals surface area (Å²) in [4.78, 5) is 25.0. The van der Waals surface area contributed by atoms with Gasteiger partial charge in [0.2, 0.25) is 11.9 Å². The van der Waals surface area contributed by atoms with Crippen LogP contribution in [-0.2, 0) is 4.79 Å². The van der Waals surface area contributed by atoms with E-state index in [0.717, 1.165) is 5.52 Å². The topological polar surface area (TPSA) is 94.0 Å². The van der Waals surface area contributed by atoms with E-state index in [9.17, 15) is 4.79 Å². The van der Waals surface area contributed by atoms with Crippen LogP contribution in [0.2, 0.25) is 0 Å². The lowest BCUT2D eigenvalue weighted by atomic mass is 10.1. The highest BCUT2D eigenvalue weighted by Gasteiger charge is 2.15. The number of carbonyl (C=O) groups is 1. The van der Waals surface area contributed by atoms with Crippen LogP contribution in [0.25, 0.3) is 17.0 Å². The summed E-state index contributed by atoms with van der Waals surface area (Å²) in [6, 6.07) is 5.34. The molecule has 2 heterocycles. The fourth-order valence-corrected chi connectivity index (χ4v) is 2.56. The van der Waals surface area contributed by atoms with Crippen molar-refractivity contribution in [3.63, 3.8) is 0 Å². The molecule has 0 aliphatic rings. The van der Waals surface area contributed by atoms with E-state index in [1.165, 1.54) is 13.2 Å². The molecule has 1 amide bonds. The lowest BCUT2D eigenvalue weighted by Gasteiger charge is -2.21. The van der Waals surface area contributed by atoms with E-state index in [1.807, 2.05) is 6.07 Å². The molecule has 0 radical (unpaired) electrons. The Hall–Kier alpha value is -3.42. The predicted octanol–water partition coefficient (Wildman–Crippen LogP) is 3.16. The average molecular weight is 366 g/mol. The Labute approximate surface area is 157 Å². The van der Waals surface area contributed by atoms with Gasteiger partial charge in [-0.25, -0.2) is 9.97 Å². The van der Waals surface area contributed by atoms with Crippen molar-refractivity contribution < 1.29 is 9.53 Å². The number of methoxy groups -OCH3 is 1. The Morgan fingerprint density at radius 2 is 2.07 bits per heavy atom. The number of anilines is 2. The van der Waals surface area contributed by atoms with Crippen molar-refractivity contribution in [1.82, 2.24) is 19.5 Å². The van der Waals surface area contributed by atoms with E-state index in [-0.39, 0.29) is 11.4 Å². The van der Waals surface area contributed by atoms with Crippen molar-refractivity contribution in [1.29, 1.82) is 0 Å². The monoisotopic (exact) mass is 366 g/mol. The molecule has 3 rings (SSSR count). The van der Waals surface area contributed by atoms with Crippen molar-refractivity contribution in [3.05, 3.63) is 43.4 Å². The molecule has 0 bridgehead atoms. The third-order valence-electron chi connectivity index (χ3n) is 3.67. The summed E-state index contributed by atoms with van der Waals surface area (Å²) in [5.41, 5.74) is 1.82. The molecule has 0 unspecified atom stereocenters. The van der Waals surface area contributed by atoms with Gasteiger partial charge in [0, 0.05) is 17.8 Å². The molecule has 0 saturated heterocycles. The summed E-state index contributed by atoms with van der Waals surface area (Å²) in [5.74, 6) is 1.36. The molecule has 27 heavy (non-hydrogen) atoms. The van der Waals surface area contributed by atoms with Crippen LogP contribution < -0.4 is 15.4 Å². The Morgan fingerprint density at radius 3 is 2.74 bits per heavy atom. The molecule has 2 N–H and O–H groups in total. The second kappa shape index (κ2) is 7.06. The molecule has 0 saturated carbocycles. The standard InChI is InChI=1S/C19H22N6O2/c1-6-17(26)22-13-9-14-12(10-15(13)27-5)21-11-25(14)18-20-8-7-16(23-18)24-19(2,3)4/h6-11H,1H2,2-5H3,(H,22,26)(H,20,23,24). The van der Waals surface area contributed by atoms with Crippen molar-refractivity contribution >= 4 is 28.4 Å². The molecule has 0 atom stereocenters. The normalized spacial score (nSPS) is 11.3. The summed E-state index contributed by atoms with van der Waals surface area (Å²) in [5, 5.41) is 6.06. The smallest absolute Gasteiger partial charge is 0.247 e. The molecule has 0 spiro atoms. The molecule has 2 aromatic heterocycles. The van der Waals surface area contributed by atoms with E-state index in [1.54, 1.807) is 29.2 Å². The van der Waals surface area contributed by atoms with Gasteiger partial charge in [0.05, 0.1) is 23.8 Å². The largest absolute Gasteiger partial charge is 0.494 e. The molecule has 8 nitrogen and oxygen atoms in total. The third kappa shape index (κ3) is 4.05. The van der Waals surface area contributed by atoms with E-state index < -0.39 is 0 Å². The third-order valence-corrected chi connectivity index (χ3v) is 3.67. The van der Waals surface area contributed by atoms with Gasteiger partial charge in [-0.3, -0.25) is 9.36 Å².